The van der Waals surface area contributed by atoms with Crippen molar-refractivity contribution in [2.75, 3.05) is 24.5 Å². The molecule has 0 saturated carbocycles. The third kappa shape index (κ3) is 4.97. The van der Waals surface area contributed by atoms with E-state index in [1.807, 2.05) is 0 Å². The van der Waals surface area contributed by atoms with Crippen molar-refractivity contribution in [1.82, 2.24) is 4.72 Å². The predicted molar refractivity (Wildman–Crippen MR) is 103 cm³/mol. The number of aryl methyl sites for hydroxylation is 1. The second-order valence-electron chi connectivity index (χ2n) is 6.32. The Morgan fingerprint density at radius 3 is 2.44 bits per heavy atom. The quantitative estimate of drug-likeness (QED) is 0.744. The molecular formula is C19H23ClN2O2S. The largest absolute Gasteiger partial charge is 0.372 e. The van der Waals surface area contributed by atoms with Gasteiger partial charge in [-0.25, -0.2) is 13.1 Å². The minimum atomic E-state index is -3.50. The SMILES string of the molecule is O=S(=O)(NCCCc1ccc(N2CCCC2)cc1)c1cccc(Cl)c1. The second-order valence-corrected chi connectivity index (χ2v) is 8.52. The lowest BCUT2D eigenvalue weighted by molar-refractivity contribution is 0.579. The number of rotatable bonds is 7. The Morgan fingerprint density at radius 2 is 1.76 bits per heavy atom. The van der Waals surface area contributed by atoms with E-state index in [1.165, 1.54) is 30.2 Å². The first-order chi connectivity index (χ1) is 12.0. The first-order valence-electron chi connectivity index (χ1n) is 8.64. The van der Waals surface area contributed by atoms with E-state index in [-0.39, 0.29) is 4.90 Å². The number of nitrogens with zero attached hydrogens (tertiary/aromatic N) is 1. The fourth-order valence-electron chi connectivity index (χ4n) is 3.07. The predicted octanol–water partition coefficient (Wildman–Crippen LogP) is 3.85. The number of nitrogens with one attached hydrogen (secondary N) is 1. The van der Waals surface area contributed by atoms with E-state index < -0.39 is 10.0 Å². The molecule has 4 nitrogen and oxygen atoms in total. The van der Waals surface area contributed by atoms with Crippen LogP contribution in [0.15, 0.2) is 53.4 Å². The number of hydrogen-bond acceptors (Lipinski definition) is 3. The van der Waals surface area contributed by atoms with Crippen molar-refractivity contribution in [3.05, 3.63) is 59.1 Å². The molecule has 3 rings (SSSR count). The van der Waals surface area contributed by atoms with Crippen molar-refractivity contribution >= 4 is 27.3 Å². The van der Waals surface area contributed by atoms with Gasteiger partial charge in [-0.3, -0.25) is 0 Å². The molecule has 1 aliphatic rings. The normalized spacial score (nSPS) is 14.8. The monoisotopic (exact) mass is 378 g/mol. The lowest BCUT2D eigenvalue weighted by Gasteiger charge is -2.17. The molecular weight excluding hydrogens is 356 g/mol. The summed E-state index contributed by atoms with van der Waals surface area (Å²) in [4.78, 5) is 2.61. The molecule has 0 spiro atoms. The van der Waals surface area contributed by atoms with E-state index in [1.54, 1.807) is 18.2 Å². The summed E-state index contributed by atoms with van der Waals surface area (Å²) in [5.74, 6) is 0. The molecule has 0 aliphatic carbocycles. The number of benzene rings is 2. The van der Waals surface area contributed by atoms with Crippen LogP contribution in [0.5, 0.6) is 0 Å². The summed E-state index contributed by atoms with van der Waals surface area (Å²) < 4.78 is 27.1. The Morgan fingerprint density at radius 1 is 1.04 bits per heavy atom. The average molecular weight is 379 g/mol. The Kier molecular flexibility index (Phi) is 5.99. The van der Waals surface area contributed by atoms with Crippen molar-refractivity contribution in [1.29, 1.82) is 0 Å². The van der Waals surface area contributed by atoms with E-state index in [0.717, 1.165) is 25.9 Å². The first-order valence-corrected chi connectivity index (χ1v) is 10.5. The molecule has 0 aromatic heterocycles. The highest BCUT2D eigenvalue weighted by Gasteiger charge is 2.14. The zero-order chi connectivity index (χ0) is 17.7. The van der Waals surface area contributed by atoms with Crippen LogP contribution in [0.2, 0.25) is 5.02 Å². The van der Waals surface area contributed by atoms with Gasteiger partial charge in [0.25, 0.3) is 0 Å². The van der Waals surface area contributed by atoms with Crippen molar-refractivity contribution in [3.8, 4) is 0 Å². The van der Waals surface area contributed by atoms with Gasteiger partial charge in [0.15, 0.2) is 0 Å². The highest BCUT2D eigenvalue weighted by atomic mass is 35.5. The molecule has 25 heavy (non-hydrogen) atoms. The lowest BCUT2D eigenvalue weighted by Crippen LogP contribution is -2.25. The van der Waals surface area contributed by atoms with E-state index in [4.69, 9.17) is 11.6 Å². The van der Waals surface area contributed by atoms with E-state index in [9.17, 15) is 8.42 Å². The maximum absolute atomic E-state index is 12.2. The minimum absolute atomic E-state index is 0.204. The summed E-state index contributed by atoms with van der Waals surface area (Å²) in [6.07, 6.45) is 4.14. The Hall–Kier alpha value is -1.56. The van der Waals surface area contributed by atoms with Crippen molar-refractivity contribution in [3.63, 3.8) is 0 Å². The highest BCUT2D eigenvalue weighted by Crippen LogP contribution is 2.21. The molecule has 0 radical (unpaired) electrons. The van der Waals surface area contributed by atoms with Gasteiger partial charge in [-0.15, -0.1) is 0 Å². The maximum Gasteiger partial charge on any atom is 0.240 e. The zero-order valence-electron chi connectivity index (χ0n) is 14.1. The van der Waals surface area contributed by atoms with Gasteiger partial charge in [0.1, 0.15) is 0 Å². The summed E-state index contributed by atoms with van der Waals surface area (Å²) in [5, 5.41) is 0.418. The fraction of sp³-hybridized carbons (Fsp3) is 0.368. The highest BCUT2D eigenvalue weighted by molar-refractivity contribution is 7.89. The molecule has 6 heteroatoms. The smallest absolute Gasteiger partial charge is 0.240 e. The maximum atomic E-state index is 12.2. The third-order valence-electron chi connectivity index (χ3n) is 4.45. The van der Waals surface area contributed by atoms with Crippen molar-refractivity contribution in [2.45, 2.75) is 30.6 Å². The molecule has 0 atom stereocenters. The van der Waals surface area contributed by atoms with Gasteiger partial charge in [-0.05, 0) is 61.6 Å². The Balaban J connectivity index is 1.48. The molecule has 2 aromatic rings. The zero-order valence-corrected chi connectivity index (χ0v) is 15.7. The Bertz CT molecular complexity index is 800. The van der Waals surface area contributed by atoms with Gasteiger partial charge in [0, 0.05) is 30.3 Å². The molecule has 134 valence electrons. The van der Waals surface area contributed by atoms with Gasteiger partial charge >= 0.3 is 0 Å². The summed E-state index contributed by atoms with van der Waals surface area (Å²) >= 11 is 5.86. The third-order valence-corrected chi connectivity index (χ3v) is 6.14. The van der Waals surface area contributed by atoms with Crippen LogP contribution in [0.3, 0.4) is 0 Å². The van der Waals surface area contributed by atoms with Crippen LogP contribution in [0, 0.1) is 0 Å². The number of anilines is 1. The minimum Gasteiger partial charge on any atom is -0.372 e. The molecule has 1 heterocycles. The molecule has 1 fully saturated rings. The van der Waals surface area contributed by atoms with E-state index in [2.05, 4.69) is 33.9 Å². The molecule has 1 N–H and O–H groups in total. The molecule has 2 aromatic carbocycles. The number of halogens is 1. The van der Waals surface area contributed by atoms with Crippen LogP contribution in [0.1, 0.15) is 24.8 Å². The second kappa shape index (κ2) is 8.21. The summed E-state index contributed by atoms with van der Waals surface area (Å²) in [5.41, 5.74) is 2.51. The van der Waals surface area contributed by atoms with Crippen LogP contribution in [0.4, 0.5) is 5.69 Å². The van der Waals surface area contributed by atoms with Crippen molar-refractivity contribution < 1.29 is 8.42 Å². The lowest BCUT2D eigenvalue weighted by atomic mass is 10.1. The summed E-state index contributed by atoms with van der Waals surface area (Å²) in [7, 11) is -3.50. The van der Waals surface area contributed by atoms with Gasteiger partial charge in [-0.1, -0.05) is 29.8 Å². The molecule has 0 amide bonds. The van der Waals surface area contributed by atoms with Gasteiger partial charge in [0.05, 0.1) is 4.90 Å². The van der Waals surface area contributed by atoms with E-state index in [0.29, 0.717) is 11.6 Å². The van der Waals surface area contributed by atoms with Crippen molar-refractivity contribution in [2.24, 2.45) is 0 Å². The Labute approximate surface area is 154 Å². The van der Waals surface area contributed by atoms with Crippen LogP contribution < -0.4 is 9.62 Å². The van der Waals surface area contributed by atoms with Gasteiger partial charge in [-0.2, -0.15) is 0 Å². The fourth-order valence-corrected chi connectivity index (χ4v) is 4.44. The topological polar surface area (TPSA) is 49.4 Å². The molecule has 1 aliphatic heterocycles. The van der Waals surface area contributed by atoms with Crippen LogP contribution in [0.25, 0.3) is 0 Å². The average Bonchev–Trinajstić information content (AvgIpc) is 3.14. The number of sulfonamides is 1. The summed E-state index contributed by atoms with van der Waals surface area (Å²) in [6, 6.07) is 14.9. The van der Waals surface area contributed by atoms with Crippen LogP contribution in [-0.2, 0) is 16.4 Å². The molecule has 0 unspecified atom stereocenters. The molecule has 1 saturated heterocycles. The van der Waals surface area contributed by atoms with Gasteiger partial charge < -0.3 is 4.90 Å². The van der Waals surface area contributed by atoms with Crippen LogP contribution >= 0.6 is 11.6 Å². The van der Waals surface area contributed by atoms with E-state index >= 15 is 0 Å². The summed E-state index contributed by atoms with van der Waals surface area (Å²) in [6.45, 7) is 2.69. The van der Waals surface area contributed by atoms with Crippen LogP contribution in [-0.4, -0.2) is 28.1 Å². The van der Waals surface area contributed by atoms with Gasteiger partial charge in [0.2, 0.25) is 10.0 Å². The number of hydrogen-bond donors (Lipinski definition) is 1. The first kappa shape index (κ1) is 18.2. The molecule has 0 bridgehead atoms. The standard InChI is InChI=1S/C19H23ClN2O2S/c20-17-6-3-7-19(15-17)25(23,24)21-12-4-5-16-8-10-18(11-9-16)22-13-1-2-14-22/h3,6-11,15,21H,1-2,4-5,12-14H2.